The van der Waals surface area contributed by atoms with Gasteiger partial charge in [-0.3, -0.25) is 4.90 Å². The quantitative estimate of drug-likeness (QED) is 0.789. The van der Waals surface area contributed by atoms with E-state index in [9.17, 15) is 8.78 Å². The van der Waals surface area contributed by atoms with Gasteiger partial charge in [0.1, 0.15) is 17.7 Å². The summed E-state index contributed by atoms with van der Waals surface area (Å²) in [6.45, 7) is 4.32. The predicted octanol–water partition coefficient (Wildman–Crippen LogP) is 2.68. The molecule has 0 unspecified atom stereocenters. The van der Waals surface area contributed by atoms with Crippen molar-refractivity contribution in [3.05, 3.63) is 34.9 Å². The summed E-state index contributed by atoms with van der Waals surface area (Å²) in [5, 5.41) is 8.65. The molecule has 4 heteroatoms. The van der Waals surface area contributed by atoms with Gasteiger partial charge in [0.25, 0.3) is 0 Å². The van der Waals surface area contributed by atoms with Gasteiger partial charge in [0.15, 0.2) is 0 Å². The van der Waals surface area contributed by atoms with Crippen LogP contribution < -0.4 is 0 Å². The molecule has 0 atom stereocenters. The molecule has 0 bridgehead atoms. The Morgan fingerprint density at radius 3 is 2.44 bits per heavy atom. The topological polar surface area (TPSA) is 27.0 Å². The number of hydrogen-bond donors (Lipinski definition) is 0. The van der Waals surface area contributed by atoms with E-state index in [-0.39, 0.29) is 11.6 Å². The van der Waals surface area contributed by atoms with Crippen LogP contribution in [0.1, 0.15) is 25.0 Å². The molecular formula is C12H14F2N2. The lowest BCUT2D eigenvalue weighted by Gasteiger charge is -2.21. The van der Waals surface area contributed by atoms with Gasteiger partial charge < -0.3 is 0 Å². The van der Waals surface area contributed by atoms with Crippen LogP contribution in [0.3, 0.4) is 0 Å². The van der Waals surface area contributed by atoms with Crippen molar-refractivity contribution in [3.63, 3.8) is 0 Å². The summed E-state index contributed by atoms with van der Waals surface area (Å²) in [6.07, 6.45) is 0. The second-order valence-electron chi connectivity index (χ2n) is 4.04. The summed E-state index contributed by atoms with van der Waals surface area (Å²) < 4.78 is 26.5. The van der Waals surface area contributed by atoms with Gasteiger partial charge in [-0.2, -0.15) is 5.26 Å². The Morgan fingerprint density at radius 1 is 1.31 bits per heavy atom. The van der Waals surface area contributed by atoms with E-state index in [4.69, 9.17) is 5.26 Å². The molecule has 0 saturated carbocycles. The lowest BCUT2D eigenvalue weighted by atomic mass is 10.1. The molecule has 0 N–H and O–H groups in total. The molecule has 0 fully saturated rings. The van der Waals surface area contributed by atoms with Crippen molar-refractivity contribution in [2.24, 2.45) is 0 Å². The number of benzene rings is 1. The first-order chi connectivity index (χ1) is 7.45. The van der Waals surface area contributed by atoms with E-state index in [0.29, 0.717) is 12.1 Å². The van der Waals surface area contributed by atoms with Crippen LogP contribution in [-0.2, 0) is 6.54 Å². The number of halogens is 2. The second kappa shape index (κ2) is 5.04. The van der Waals surface area contributed by atoms with Gasteiger partial charge in [0.05, 0.1) is 5.56 Å². The lowest BCUT2D eigenvalue weighted by molar-refractivity contribution is 0.262. The molecule has 0 saturated heterocycles. The van der Waals surface area contributed by atoms with E-state index in [0.717, 1.165) is 6.07 Å². The van der Waals surface area contributed by atoms with Crippen LogP contribution in [0.25, 0.3) is 0 Å². The molecule has 0 aliphatic carbocycles. The van der Waals surface area contributed by atoms with Crippen molar-refractivity contribution < 1.29 is 8.78 Å². The van der Waals surface area contributed by atoms with Crippen molar-refractivity contribution in [1.29, 1.82) is 5.26 Å². The molecule has 0 spiro atoms. The van der Waals surface area contributed by atoms with Gasteiger partial charge in [0, 0.05) is 24.2 Å². The molecular weight excluding hydrogens is 210 g/mol. The molecule has 86 valence electrons. The zero-order chi connectivity index (χ0) is 12.3. The minimum absolute atomic E-state index is 0.117. The molecule has 0 amide bonds. The third kappa shape index (κ3) is 2.77. The summed E-state index contributed by atoms with van der Waals surface area (Å²) in [7, 11) is 1.85. The molecule has 1 aromatic carbocycles. The molecule has 16 heavy (non-hydrogen) atoms. The van der Waals surface area contributed by atoms with Crippen LogP contribution in [0.15, 0.2) is 12.1 Å². The first-order valence-corrected chi connectivity index (χ1v) is 5.04. The summed E-state index contributed by atoms with van der Waals surface area (Å²) in [4.78, 5) is 1.91. The first kappa shape index (κ1) is 12.6. The number of nitriles is 1. The monoisotopic (exact) mass is 224 g/mol. The van der Waals surface area contributed by atoms with Gasteiger partial charge in [-0.25, -0.2) is 8.78 Å². The average Bonchev–Trinajstić information content (AvgIpc) is 2.21. The van der Waals surface area contributed by atoms with Crippen molar-refractivity contribution in [3.8, 4) is 6.07 Å². The van der Waals surface area contributed by atoms with Gasteiger partial charge in [-0.05, 0) is 27.0 Å². The van der Waals surface area contributed by atoms with Crippen molar-refractivity contribution in [2.45, 2.75) is 26.4 Å². The predicted molar refractivity (Wildman–Crippen MR) is 57.7 cm³/mol. The highest BCUT2D eigenvalue weighted by Gasteiger charge is 2.12. The lowest BCUT2D eigenvalue weighted by Crippen LogP contribution is -2.26. The van der Waals surface area contributed by atoms with Crippen LogP contribution in [-0.4, -0.2) is 18.0 Å². The number of nitrogens with zero attached hydrogens (tertiary/aromatic N) is 2. The van der Waals surface area contributed by atoms with Crippen molar-refractivity contribution >= 4 is 0 Å². The highest BCUT2D eigenvalue weighted by Crippen LogP contribution is 2.16. The maximum Gasteiger partial charge on any atom is 0.143 e. The zero-order valence-corrected chi connectivity index (χ0v) is 9.59. The fourth-order valence-corrected chi connectivity index (χ4v) is 1.25. The minimum Gasteiger partial charge on any atom is -0.300 e. The summed E-state index contributed by atoms with van der Waals surface area (Å²) in [5.74, 6) is -1.42. The third-order valence-electron chi connectivity index (χ3n) is 2.56. The third-order valence-corrected chi connectivity index (χ3v) is 2.56. The number of rotatable bonds is 3. The normalized spacial score (nSPS) is 10.9. The summed E-state index contributed by atoms with van der Waals surface area (Å²) in [6, 6.07) is 4.00. The maximum atomic E-state index is 13.4. The van der Waals surface area contributed by atoms with Crippen LogP contribution in [0, 0.1) is 23.0 Å². The first-order valence-electron chi connectivity index (χ1n) is 5.04. The Morgan fingerprint density at radius 2 is 1.94 bits per heavy atom. The van der Waals surface area contributed by atoms with E-state index in [1.54, 1.807) is 6.07 Å². The van der Waals surface area contributed by atoms with Gasteiger partial charge in [-0.15, -0.1) is 0 Å². The molecule has 1 rings (SSSR count). The van der Waals surface area contributed by atoms with E-state index in [1.165, 1.54) is 6.07 Å². The van der Waals surface area contributed by atoms with Crippen molar-refractivity contribution in [1.82, 2.24) is 4.90 Å². The average molecular weight is 224 g/mol. The Kier molecular flexibility index (Phi) is 3.97. The highest BCUT2D eigenvalue weighted by molar-refractivity contribution is 5.35. The Labute approximate surface area is 94.1 Å². The largest absolute Gasteiger partial charge is 0.300 e. The molecule has 0 radical (unpaired) electrons. The molecule has 0 aliphatic heterocycles. The maximum absolute atomic E-state index is 13.4. The molecule has 1 aromatic rings. The van der Waals surface area contributed by atoms with E-state index >= 15 is 0 Å². The molecule has 0 heterocycles. The van der Waals surface area contributed by atoms with Crippen LogP contribution in [0.5, 0.6) is 0 Å². The Bertz CT molecular complexity index is 422. The highest BCUT2D eigenvalue weighted by atomic mass is 19.1. The van der Waals surface area contributed by atoms with Crippen LogP contribution in [0.4, 0.5) is 8.78 Å². The minimum atomic E-state index is -0.809. The fraction of sp³-hybridized carbons (Fsp3) is 0.417. The summed E-state index contributed by atoms with van der Waals surface area (Å²) >= 11 is 0. The van der Waals surface area contributed by atoms with Crippen molar-refractivity contribution in [2.75, 3.05) is 7.05 Å². The standard InChI is InChI=1S/C12H14F2N2/c1-8(2)16(3)7-10-4-9(6-15)11(13)5-12(10)14/h4-5,8H,7H2,1-3H3. The van der Waals surface area contributed by atoms with E-state index in [1.807, 2.05) is 25.8 Å². The fourth-order valence-electron chi connectivity index (χ4n) is 1.25. The smallest absolute Gasteiger partial charge is 0.143 e. The second-order valence-corrected chi connectivity index (χ2v) is 4.04. The Balaban J connectivity index is 3.01. The van der Waals surface area contributed by atoms with Crippen LogP contribution >= 0.6 is 0 Å². The Hall–Kier alpha value is -1.47. The zero-order valence-electron chi connectivity index (χ0n) is 9.59. The van der Waals surface area contributed by atoms with E-state index < -0.39 is 11.6 Å². The van der Waals surface area contributed by atoms with Gasteiger partial charge in [-0.1, -0.05) is 0 Å². The molecule has 0 aliphatic rings. The SMILES string of the molecule is CC(C)N(C)Cc1cc(C#N)c(F)cc1F. The summed E-state index contributed by atoms with van der Waals surface area (Å²) in [5.41, 5.74) is 0.225. The van der Waals surface area contributed by atoms with Crippen LogP contribution in [0.2, 0.25) is 0 Å². The van der Waals surface area contributed by atoms with E-state index in [2.05, 4.69) is 0 Å². The number of hydrogen-bond acceptors (Lipinski definition) is 2. The van der Waals surface area contributed by atoms with Gasteiger partial charge in [0.2, 0.25) is 0 Å². The molecule has 0 aromatic heterocycles. The van der Waals surface area contributed by atoms with Gasteiger partial charge >= 0.3 is 0 Å². The molecule has 2 nitrogen and oxygen atoms in total.